The van der Waals surface area contributed by atoms with E-state index in [1.165, 1.54) is 6.07 Å². The standard InChI is InChI=1S/C17H17ClFN/c1-11-5-6-17(16(18)7-11)20-15-9-13(10-15)12-3-2-4-14(19)8-12/h2-8,13,15,20H,9-10H2,1H3. The molecule has 20 heavy (non-hydrogen) atoms. The van der Waals surface area contributed by atoms with E-state index in [1.807, 2.05) is 25.1 Å². The molecule has 1 N–H and O–H groups in total. The summed E-state index contributed by atoms with van der Waals surface area (Å²) in [5.74, 6) is 0.299. The third-order valence-corrected chi connectivity index (χ3v) is 4.26. The zero-order chi connectivity index (χ0) is 14.1. The molecule has 2 aromatic carbocycles. The van der Waals surface area contributed by atoms with Crippen LogP contribution in [0.4, 0.5) is 10.1 Å². The lowest BCUT2D eigenvalue weighted by Crippen LogP contribution is -2.34. The first-order valence-electron chi connectivity index (χ1n) is 6.90. The molecule has 3 rings (SSSR count). The normalized spacial score (nSPS) is 21.4. The predicted octanol–water partition coefficient (Wildman–Crippen LogP) is 5.15. The smallest absolute Gasteiger partial charge is 0.123 e. The zero-order valence-electron chi connectivity index (χ0n) is 11.4. The number of anilines is 1. The maximum Gasteiger partial charge on any atom is 0.123 e. The van der Waals surface area contributed by atoms with Crippen molar-refractivity contribution in [3.8, 4) is 0 Å². The van der Waals surface area contributed by atoms with E-state index in [4.69, 9.17) is 11.6 Å². The molecule has 0 amide bonds. The molecule has 1 aliphatic carbocycles. The summed E-state index contributed by atoms with van der Waals surface area (Å²) in [5, 5.41) is 4.23. The Kier molecular flexibility index (Phi) is 3.66. The van der Waals surface area contributed by atoms with Crippen molar-refractivity contribution in [2.24, 2.45) is 0 Å². The molecule has 3 heteroatoms. The van der Waals surface area contributed by atoms with E-state index >= 15 is 0 Å². The Bertz CT molecular complexity index is 620. The topological polar surface area (TPSA) is 12.0 Å². The number of rotatable bonds is 3. The average Bonchev–Trinajstić information content (AvgIpc) is 2.35. The summed E-state index contributed by atoms with van der Waals surface area (Å²) in [4.78, 5) is 0. The number of benzene rings is 2. The van der Waals surface area contributed by atoms with E-state index in [0.717, 1.165) is 34.7 Å². The van der Waals surface area contributed by atoms with Crippen LogP contribution in [0.5, 0.6) is 0 Å². The minimum atomic E-state index is -0.152. The Morgan fingerprint density at radius 3 is 2.65 bits per heavy atom. The largest absolute Gasteiger partial charge is 0.381 e. The van der Waals surface area contributed by atoms with E-state index in [9.17, 15) is 4.39 Å². The summed E-state index contributed by atoms with van der Waals surface area (Å²) in [6.07, 6.45) is 2.04. The van der Waals surface area contributed by atoms with Crippen molar-refractivity contribution in [3.63, 3.8) is 0 Å². The van der Waals surface area contributed by atoms with Gasteiger partial charge in [-0.2, -0.15) is 0 Å². The van der Waals surface area contributed by atoms with Crippen LogP contribution in [-0.2, 0) is 0 Å². The third kappa shape index (κ3) is 2.80. The van der Waals surface area contributed by atoms with Gasteiger partial charge in [-0.25, -0.2) is 4.39 Å². The minimum absolute atomic E-state index is 0.152. The molecule has 0 saturated heterocycles. The first-order chi connectivity index (χ1) is 9.61. The fourth-order valence-electron chi connectivity index (χ4n) is 2.73. The molecule has 0 radical (unpaired) electrons. The monoisotopic (exact) mass is 289 g/mol. The van der Waals surface area contributed by atoms with Gasteiger partial charge in [-0.1, -0.05) is 29.8 Å². The molecule has 0 aromatic heterocycles. The number of nitrogens with one attached hydrogen (secondary N) is 1. The molecule has 1 fully saturated rings. The summed E-state index contributed by atoms with van der Waals surface area (Å²) in [5.41, 5.74) is 3.24. The van der Waals surface area contributed by atoms with Gasteiger partial charge < -0.3 is 5.32 Å². The summed E-state index contributed by atoms with van der Waals surface area (Å²) >= 11 is 6.22. The Labute approximate surface area is 123 Å². The van der Waals surface area contributed by atoms with Crippen LogP contribution in [0.2, 0.25) is 5.02 Å². The molecule has 1 nitrogen and oxygen atoms in total. The van der Waals surface area contributed by atoms with Gasteiger partial charge >= 0.3 is 0 Å². The molecule has 0 spiro atoms. The van der Waals surface area contributed by atoms with Crippen LogP contribution in [0.15, 0.2) is 42.5 Å². The molecule has 0 bridgehead atoms. The molecule has 0 atom stereocenters. The highest BCUT2D eigenvalue weighted by Crippen LogP contribution is 2.39. The summed E-state index contributed by atoms with van der Waals surface area (Å²) in [7, 11) is 0. The Morgan fingerprint density at radius 1 is 1.15 bits per heavy atom. The van der Waals surface area contributed by atoms with Crippen molar-refractivity contribution in [1.82, 2.24) is 0 Å². The van der Waals surface area contributed by atoms with E-state index in [0.29, 0.717) is 12.0 Å². The molecule has 1 aliphatic rings. The van der Waals surface area contributed by atoms with Crippen LogP contribution in [0, 0.1) is 12.7 Å². The molecular weight excluding hydrogens is 273 g/mol. The lowest BCUT2D eigenvalue weighted by atomic mass is 9.76. The van der Waals surface area contributed by atoms with Crippen molar-refractivity contribution in [1.29, 1.82) is 0 Å². The predicted molar refractivity (Wildman–Crippen MR) is 82.0 cm³/mol. The third-order valence-electron chi connectivity index (χ3n) is 3.94. The second-order valence-corrected chi connectivity index (χ2v) is 5.96. The Hall–Kier alpha value is -1.54. The van der Waals surface area contributed by atoms with Gasteiger partial charge in [0, 0.05) is 6.04 Å². The molecular formula is C17H17ClFN. The number of hydrogen-bond acceptors (Lipinski definition) is 1. The molecule has 0 aliphatic heterocycles. The molecule has 0 unspecified atom stereocenters. The lowest BCUT2D eigenvalue weighted by molar-refractivity contribution is 0.373. The van der Waals surface area contributed by atoms with Crippen LogP contribution < -0.4 is 5.32 Å². The summed E-state index contributed by atoms with van der Waals surface area (Å²) in [6, 6.07) is 13.4. The van der Waals surface area contributed by atoms with Crippen molar-refractivity contribution in [3.05, 3.63) is 64.4 Å². The maximum absolute atomic E-state index is 13.2. The fourth-order valence-corrected chi connectivity index (χ4v) is 3.02. The average molecular weight is 290 g/mol. The van der Waals surface area contributed by atoms with Crippen molar-refractivity contribution < 1.29 is 4.39 Å². The quantitative estimate of drug-likeness (QED) is 0.824. The highest BCUT2D eigenvalue weighted by atomic mass is 35.5. The van der Waals surface area contributed by atoms with Crippen molar-refractivity contribution in [2.75, 3.05) is 5.32 Å². The first kappa shape index (κ1) is 13.4. The van der Waals surface area contributed by atoms with E-state index in [1.54, 1.807) is 12.1 Å². The number of halogens is 2. The Balaban J connectivity index is 1.61. The zero-order valence-corrected chi connectivity index (χ0v) is 12.1. The van der Waals surface area contributed by atoms with E-state index < -0.39 is 0 Å². The van der Waals surface area contributed by atoms with Crippen LogP contribution >= 0.6 is 11.6 Å². The van der Waals surface area contributed by atoms with Crippen LogP contribution in [0.25, 0.3) is 0 Å². The number of hydrogen-bond donors (Lipinski definition) is 1. The van der Waals surface area contributed by atoms with Crippen molar-refractivity contribution in [2.45, 2.75) is 31.7 Å². The van der Waals surface area contributed by atoms with E-state index in [-0.39, 0.29) is 5.82 Å². The molecule has 1 saturated carbocycles. The van der Waals surface area contributed by atoms with Gasteiger partial charge in [-0.15, -0.1) is 0 Å². The SMILES string of the molecule is Cc1ccc(NC2CC(c3cccc(F)c3)C2)c(Cl)c1. The summed E-state index contributed by atoms with van der Waals surface area (Å²) in [6.45, 7) is 2.03. The fraction of sp³-hybridized carbons (Fsp3) is 0.294. The van der Waals surface area contributed by atoms with Gasteiger partial charge in [0.2, 0.25) is 0 Å². The van der Waals surface area contributed by atoms with Crippen LogP contribution in [-0.4, -0.2) is 6.04 Å². The van der Waals surface area contributed by atoms with E-state index in [2.05, 4.69) is 11.4 Å². The van der Waals surface area contributed by atoms with Crippen molar-refractivity contribution >= 4 is 17.3 Å². The highest BCUT2D eigenvalue weighted by Gasteiger charge is 2.30. The molecule has 2 aromatic rings. The maximum atomic E-state index is 13.2. The van der Waals surface area contributed by atoms with Gasteiger partial charge in [0.1, 0.15) is 5.82 Å². The first-order valence-corrected chi connectivity index (χ1v) is 7.28. The highest BCUT2D eigenvalue weighted by molar-refractivity contribution is 6.33. The van der Waals surface area contributed by atoms with Gasteiger partial charge in [-0.05, 0) is 61.1 Å². The lowest BCUT2D eigenvalue weighted by Gasteiger charge is -2.37. The molecule has 0 heterocycles. The number of aryl methyl sites for hydroxylation is 1. The van der Waals surface area contributed by atoms with Gasteiger partial charge in [0.25, 0.3) is 0 Å². The minimum Gasteiger partial charge on any atom is -0.381 e. The van der Waals surface area contributed by atoms with Gasteiger partial charge in [0.05, 0.1) is 10.7 Å². The molecule has 104 valence electrons. The van der Waals surface area contributed by atoms with Crippen LogP contribution in [0.3, 0.4) is 0 Å². The summed E-state index contributed by atoms with van der Waals surface area (Å²) < 4.78 is 13.2. The Morgan fingerprint density at radius 2 is 1.95 bits per heavy atom. The van der Waals surface area contributed by atoms with Gasteiger partial charge in [-0.3, -0.25) is 0 Å². The van der Waals surface area contributed by atoms with Gasteiger partial charge in [0.15, 0.2) is 0 Å². The second-order valence-electron chi connectivity index (χ2n) is 5.55. The van der Waals surface area contributed by atoms with Crippen LogP contribution in [0.1, 0.15) is 29.9 Å². The second kappa shape index (κ2) is 5.45.